The number of nitrogens with two attached hydrogens (primary N) is 1. The summed E-state index contributed by atoms with van der Waals surface area (Å²) in [6.45, 7) is 1.69. The average Bonchev–Trinajstić information content (AvgIpc) is 2.91. The van der Waals surface area contributed by atoms with Gasteiger partial charge in [-0.3, -0.25) is 4.79 Å². The third-order valence-electron chi connectivity index (χ3n) is 2.83. The molecule has 3 N–H and O–H groups in total. The predicted octanol–water partition coefficient (Wildman–Crippen LogP) is 3.24. The number of nitrogen functional groups attached to an aromatic ring is 1. The number of nitrogens with one attached hydrogen (secondary N) is 1. The van der Waals surface area contributed by atoms with Crippen LogP contribution in [0.5, 0.6) is 0 Å². The minimum absolute atomic E-state index is 0.201. The Morgan fingerprint density at radius 3 is 2.71 bits per heavy atom. The summed E-state index contributed by atoms with van der Waals surface area (Å²) < 4.78 is 38.3. The van der Waals surface area contributed by atoms with Gasteiger partial charge < -0.3 is 11.1 Å². The fourth-order valence-corrected chi connectivity index (χ4v) is 2.44. The van der Waals surface area contributed by atoms with Crippen molar-refractivity contribution < 1.29 is 18.0 Å². The van der Waals surface area contributed by atoms with Crippen molar-refractivity contribution in [2.24, 2.45) is 0 Å². The third kappa shape index (κ3) is 3.33. The number of hydrogen-bond acceptors (Lipinski definition) is 4. The monoisotopic (exact) mass is 315 g/mol. The molecule has 0 aliphatic rings. The zero-order valence-corrected chi connectivity index (χ0v) is 11.8. The fourth-order valence-electron chi connectivity index (χ4n) is 1.79. The van der Waals surface area contributed by atoms with Crippen molar-refractivity contribution in [3.8, 4) is 0 Å². The van der Waals surface area contributed by atoms with Crippen LogP contribution >= 0.6 is 11.3 Å². The highest BCUT2D eigenvalue weighted by molar-refractivity contribution is 7.09. The van der Waals surface area contributed by atoms with Gasteiger partial charge in [0.2, 0.25) is 0 Å². The fraction of sp³-hybridized carbons (Fsp3) is 0.231. The summed E-state index contributed by atoms with van der Waals surface area (Å²) in [5.74, 6) is -0.665. The molecular weight excluding hydrogens is 303 g/mol. The summed E-state index contributed by atoms with van der Waals surface area (Å²) in [5.41, 5.74) is 3.68. The predicted molar refractivity (Wildman–Crippen MR) is 73.9 cm³/mol. The Morgan fingerprint density at radius 2 is 2.14 bits per heavy atom. The van der Waals surface area contributed by atoms with Crippen LogP contribution in [0.15, 0.2) is 29.8 Å². The van der Waals surface area contributed by atoms with Crippen LogP contribution in [-0.4, -0.2) is 10.9 Å². The zero-order chi connectivity index (χ0) is 15.6. The highest BCUT2D eigenvalue weighted by atomic mass is 32.1. The number of alkyl halides is 3. The van der Waals surface area contributed by atoms with Gasteiger partial charge >= 0.3 is 6.18 Å². The molecule has 21 heavy (non-hydrogen) atoms. The number of aromatic nitrogens is 1. The third-order valence-corrected chi connectivity index (χ3v) is 3.78. The van der Waals surface area contributed by atoms with Gasteiger partial charge in [-0.05, 0) is 19.1 Å². The Bertz CT molecular complexity index is 641. The maximum absolute atomic E-state index is 12.8. The molecule has 1 amide bonds. The normalized spacial score (nSPS) is 13.0. The number of carbonyl (C=O) groups excluding carboxylic acids is 1. The van der Waals surface area contributed by atoms with Crippen molar-refractivity contribution >= 4 is 22.9 Å². The van der Waals surface area contributed by atoms with E-state index < -0.39 is 29.4 Å². The maximum atomic E-state index is 12.8. The summed E-state index contributed by atoms with van der Waals surface area (Å²) in [5, 5.41) is 4.99. The smallest absolute Gasteiger partial charge is 0.398 e. The molecule has 2 rings (SSSR count). The summed E-state index contributed by atoms with van der Waals surface area (Å²) in [6, 6.07) is 2.85. The molecule has 4 nitrogen and oxygen atoms in total. The number of amides is 1. The number of nitrogens with zero attached hydrogens (tertiary/aromatic N) is 1. The summed E-state index contributed by atoms with van der Waals surface area (Å²) in [6.07, 6.45) is -3.01. The van der Waals surface area contributed by atoms with Gasteiger partial charge in [-0.1, -0.05) is 6.07 Å². The average molecular weight is 315 g/mol. The summed E-state index contributed by atoms with van der Waals surface area (Å²) in [7, 11) is 0. The first-order valence-corrected chi connectivity index (χ1v) is 6.84. The van der Waals surface area contributed by atoms with Crippen LogP contribution in [0.1, 0.15) is 33.9 Å². The zero-order valence-electron chi connectivity index (χ0n) is 10.9. The van der Waals surface area contributed by atoms with Gasteiger partial charge in [-0.15, -0.1) is 11.3 Å². The topological polar surface area (TPSA) is 68.0 Å². The molecule has 0 aliphatic heterocycles. The van der Waals surface area contributed by atoms with Crippen LogP contribution in [-0.2, 0) is 6.18 Å². The van der Waals surface area contributed by atoms with E-state index in [1.165, 1.54) is 17.4 Å². The second kappa shape index (κ2) is 5.72. The molecule has 0 saturated carbocycles. The molecule has 1 atom stereocenters. The molecule has 8 heteroatoms. The Kier molecular flexibility index (Phi) is 4.17. The lowest BCUT2D eigenvalue weighted by Gasteiger charge is -2.15. The lowest BCUT2D eigenvalue weighted by atomic mass is 10.1. The van der Waals surface area contributed by atoms with Gasteiger partial charge in [-0.2, -0.15) is 13.2 Å². The highest BCUT2D eigenvalue weighted by Crippen LogP contribution is 2.35. The van der Waals surface area contributed by atoms with Gasteiger partial charge in [0.05, 0.1) is 22.9 Å². The molecule has 1 aromatic heterocycles. The molecule has 0 aliphatic carbocycles. The van der Waals surface area contributed by atoms with E-state index in [1.807, 2.05) is 0 Å². The van der Waals surface area contributed by atoms with Gasteiger partial charge in [-0.25, -0.2) is 4.98 Å². The van der Waals surface area contributed by atoms with Gasteiger partial charge in [0, 0.05) is 11.6 Å². The quantitative estimate of drug-likeness (QED) is 0.855. The molecule has 0 radical (unpaired) electrons. The summed E-state index contributed by atoms with van der Waals surface area (Å²) >= 11 is 1.34. The number of anilines is 1. The molecule has 1 heterocycles. The minimum Gasteiger partial charge on any atom is -0.398 e. The van der Waals surface area contributed by atoms with Crippen LogP contribution in [0.2, 0.25) is 0 Å². The Hall–Kier alpha value is -2.09. The molecule has 1 aromatic carbocycles. The lowest BCUT2D eigenvalue weighted by Crippen LogP contribution is -2.28. The van der Waals surface area contributed by atoms with Crippen LogP contribution in [0.4, 0.5) is 18.9 Å². The first-order valence-electron chi connectivity index (χ1n) is 5.96. The van der Waals surface area contributed by atoms with Gasteiger partial charge in [0.1, 0.15) is 5.01 Å². The number of rotatable bonds is 3. The summed E-state index contributed by atoms with van der Waals surface area (Å²) in [4.78, 5) is 16.1. The molecule has 0 bridgehead atoms. The molecule has 2 aromatic rings. The Morgan fingerprint density at radius 1 is 1.43 bits per heavy atom. The van der Waals surface area contributed by atoms with E-state index in [2.05, 4.69) is 10.3 Å². The first kappa shape index (κ1) is 15.3. The van der Waals surface area contributed by atoms with E-state index in [0.29, 0.717) is 5.01 Å². The van der Waals surface area contributed by atoms with Gasteiger partial charge in [0.25, 0.3) is 5.91 Å². The number of benzene rings is 1. The second-order valence-corrected chi connectivity index (χ2v) is 5.26. The van der Waals surface area contributed by atoms with E-state index in [1.54, 1.807) is 18.5 Å². The van der Waals surface area contributed by atoms with Crippen molar-refractivity contribution in [1.29, 1.82) is 0 Å². The lowest BCUT2D eigenvalue weighted by molar-refractivity contribution is -0.136. The largest absolute Gasteiger partial charge is 0.418 e. The van der Waals surface area contributed by atoms with Crippen molar-refractivity contribution in [1.82, 2.24) is 10.3 Å². The van der Waals surface area contributed by atoms with Crippen molar-refractivity contribution in [3.05, 3.63) is 45.9 Å². The Balaban J connectivity index is 2.24. The first-order chi connectivity index (χ1) is 9.80. The van der Waals surface area contributed by atoms with E-state index in [-0.39, 0.29) is 5.56 Å². The van der Waals surface area contributed by atoms with Crippen LogP contribution in [0, 0.1) is 0 Å². The molecule has 112 valence electrons. The molecule has 0 saturated heterocycles. The number of thiazole rings is 1. The molecule has 0 fully saturated rings. The van der Waals surface area contributed by atoms with E-state index >= 15 is 0 Å². The van der Waals surface area contributed by atoms with Crippen molar-refractivity contribution in [2.45, 2.75) is 19.1 Å². The number of hydrogen-bond donors (Lipinski definition) is 2. The van der Waals surface area contributed by atoms with E-state index in [9.17, 15) is 18.0 Å². The number of halogens is 3. The number of para-hydroxylation sites is 1. The highest BCUT2D eigenvalue weighted by Gasteiger charge is 2.34. The van der Waals surface area contributed by atoms with E-state index in [0.717, 1.165) is 12.1 Å². The van der Waals surface area contributed by atoms with E-state index in [4.69, 9.17) is 5.73 Å². The SMILES string of the molecule is CC(NC(=O)c1cccc(C(F)(F)F)c1N)c1nccs1. The maximum Gasteiger partial charge on any atom is 0.418 e. The van der Waals surface area contributed by atoms with Crippen LogP contribution in [0.25, 0.3) is 0 Å². The van der Waals surface area contributed by atoms with Crippen LogP contribution in [0.3, 0.4) is 0 Å². The van der Waals surface area contributed by atoms with Gasteiger partial charge in [0.15, 0.2) is 0 Å². The van der Waals surface area contributed by atoms with Crippen molar-refractivity contribution in [3.63, 3.8) is 0 Å². The Labute approximate surface area is 122 Å². The molecule has 0 spiro atoms. The van der Waals surface area contributed by atoms with Crippen LogP contribution < -0.4 is 11.1 Å². The minimum atomic E-state index is -4.60. The van der Waals surface area contributed by atoms with Crippen molar-refractivity contribution in [2.75, 3.05) is 5.73 Å². The molecular formula is C13H12F3N3OS. The standard InChI is InChI=1S/C13H12F3N3OS/c1-7(12-18-5-6-21-12)19-11(20)8-3-2-4-9(10(8)17)13(14,15)16/h2-7H,17H2,1H3,(H,19,20). The number of carbonyl (C=O) groups is 1. The second-order valence-electron chi connectivity index (χ2n) is 4.33. The molecule has 1 unspecified atom stereocenters.